The number of hydrogen-bond acceptors (Lipinski definition) is 4. The molecule has 2 saturated heterocycles. The first-order valence-corrected chi connectivity index (χ1v) is 7.88. The van der Waals surface area contributed by atoms with E-state index in [1.165, 1.54) is 5.56 Å². The zero-order chi connectivity index (χ0) is 14.2. The lowest BCUT2D eigenvalue weighted by Gasteiger charge is -2.24. The fourth-order valence-corrected chi connectivity index (χ4v) is 4.32. The van der Waals surface area contributed by atoms with Gasteiger partial charge in [0.2, 0.25) is 0 Å². The topological polar surface area (TPSA) is 43.8 Å². The van der Waals surface area contributed by atoms with Crippen LogP contribution in [0.4, 0.5) is 0 Å². The molecule has 108 valence electrons. The molecule has 2 aliphatic heterocycles. The summed E-state index contributed by atoms with van der Waals surface area (Å²) in [6.45, 7) is 8.48. The lowest BCUT2D eigenvalue weighted by Crippen LogP contribution is -2.40. The molecular weight excluding hydrogens is 272 g/mol. The lowest BCUT2D eigenvalue weighted by atomic mass is 9.81. The van der Waals surface area contributed by atoms with E-state index in [2.05, 4.69) is 33.2 Å². The number of rotatable bonds is 5. The molecule has 1 aromatic rings. The average molecular weight is 292 g/mol. The van der Waals surface area contributed by atoms with Crippen LogP contribution in [-0.2, 0) is 11.3 Å². The fraction of sp³-hybridized carbons (Fsp3) is 0.533. The van der Waals surface area contributed by atoms with E-state index in [0.29, 0.717) is 13.1 Å². The third-order valence-corrected chi connectivity index (χ3v) is 5.28. The van der Waals surface area contributed by atoms with E-state index in [1.807, 2.05) is 6.08 Å². The molecule has 1 aromatic heterocycles. The highest BCUT2D eigenvalue weighted by molar-refractivity contribution is 7.07. The highest BCUT2D eigenvalue weighted by atomic mass is 32.1. The Kier molecular flexibility index (Phi) is 3.67. The van der Waals surface area contributed by atoms with Gasteiger partial charge in [0.15, 0.2) is 0 Å². The molecule has 0 aromatic carbocycles. The summed E-state index contributed by atoms with van der Waals surface area (Å²) in [5, 5.41) is 13.9. The predicted molar refractivity (Wildman–Crippen MR) is 79.8 cm³/mol. The van der Waals surface area contributed by atoms with E-state index in [4.69, 9.17) is 0 Å². The summed E-state index contributed by atoms with van der Waals surface area (Å²) in [7, 11) is 0. The summed E-state index contributed by atoms with van der Waals surface area (Å²) >= 11 is 1.69. The average Bonchev–Trinajstić information content (AvgIpc) is 3.04. The van der Waals surface area contributed by atoms with Crippen LogP contribution in [0.15, 0.2) is 29.5 Å². The number of nitrogens with zero attached hydrogens (tertiary/aromatic N) is 2. The molecule has 1 N–H and O–H groups in total. The van der Waals surface area contributed by atoms with E-state index in [0.717, 1.165) is 26.2 Å². The number of carboxylic acids is 1. The maximum Gasteiger partial charge on any atom is 0.312 e. The van der Waals surface area contributed by atoms with Gasteiger partial charge in [-0.15, -0.1) is 6.58 Å². The van der Waals surface area contributed by atoms with Gasteiger partial charge in [-0.25, -0.2) is 0 Å². The molecule has 3 rings (SSSR count). The predicted octanol–water partition coefficient (Wildman–Crippen LogP) is 1.75. The molecule has 2 atom stereocenters. The van der Waals surface area contributed by atoms with Crippen molar-refractivity contribution in [3.05, 3.63) is 35.0 Å². The normalized spacial score (nSPS) is 30.5. The smallest absolute Gasteiger partial charge is 0.312 e. The second-order valence-electron chi connectivity index (χ2n) is 5.94. The van der Waals surface area contributed by atoms with Crippen molar-refractivity contribution in [2.75, 3.05) is 32.7 Å². The van der Waals surface area contributed by atoms with Gasteiger partial charge in [0.25, 0.3) is 0 Å². The van der Waals surface area contributed by atoms with Crippen molar-refractivity contribution in [2.24, 2.45) is 11.3 Å². The molecule has 20 heavy (non-hydrogen) atoms. The first-order valence-electron chi connectivity index (χ1n) is 6.94. The summed E-state index contributed by atoms with van der Waals surface area (Å²) in [5.74, 6) is -0.402. The molecule has 4 nitrogen and oxygen atoms in total. The van der Waals surface area contributed by atoms with Gasteiger partial charge < -0.3 is 5.11 Å². The van der Waals surface area contributed by atoms with E-state index >= 15 is 0 Å². The fourth-order valence-electron chi connectivity index (χ4n) is 3.66. The Labute approximate surface area is 123 Å². The van der Waals surface area contributed by atoms with Crippen molar-refractivity contribution < 1.29 is 9.90 Å². The summed E-state index contributed by atoms with van der Waals surface area (Å²) in [4.78, 5) is 16.3. The van der Waals surface area contributed by atoms with Crippen LogP contribution in [0, 0.1) is 11.3 Å². The molecule has 5 heteroatoms. The molecule has 3 heterocycles. The quantitative estimate of drug-likeness (QED) is 0.840. The molecule has 0 bridgehead atoms. The highest BCUT2D eigenvalue weighted by Crippen LogP contribution is 2.43. The Morgan fingerprint density at radius 2 is 2.25 bits per heavy atom. The zero-order valence-corrected chi connectivity index (χ0v) is 12.3. The molecule has 0 saturated carbocycles. The minimum Gasteiger partial charge on any atom is -0.481 e. The van der Waals surface area contributed by atoms with Gasteiger partial charge in [-0.1, -0.05) is 6.08 Å². The lowest BCUT2D eigenvalue weighted by molar-refractivity contribution is -0.148. The molecule has 0 aliphatic carbocycles. The molecule has 2 fully saturated rings. The SMILES string of the molecule is C=CCN1CC2CN(Cc3ccsc3)CC2(C(=O)O)C1. The second kappa shape index (κ2) is 5.31. The summed E-state index contributed by atoms with van der Waals surface area (Å²) in [6, 6.07) is 2.12. The summed E-state index contributed by atoms with van der Waals surface area (Å²) in [5.41, 5.74) is 0.706. The first-order chi connectivity index (χ1) is 9.64. The van der Waals surface area contributed by atoms with E-state index in [-0.39, 0.29) is 5.92 Å². The highest BCUT2D eigenvalue weighted by Gasteiger charge is 2.57. The van der Waals surface area contributed by atoms with Crippen LogP contribution in [0.25, 0.3) is 0 Å². The number of fused-ring (bicyclic) bond motifs is 1. The molecule has 2 unspecified atom stereocenters. The minimum atomic E-state index is -0.637. The number of hydrogen-bond donors (Lipinski definition) is 1. The molecular formula is C15H20N2O2S. The zero-order valence-electron chi connectivity index (χ0n) is 11.5. The Balaban J connectivity index is 1.72. The summed E-state index contributed by atoms with van der Waals surface area (Å²) < 4.78 is 0. The van der Waals surface area contributed by atoms with E-state index in [9.17, 15) is 9.90 Å². The number of aliphatic carboxylic acids is 1. The molecule has 0 amide bonds. The first kappa shape index (κ1) is 13.8. The van der Waals surface area contributed by atoms with Gasteiger partial charge in [-0.2, -0.15) is 11.3 Å². The largest absolute Gasteiger partial charge is 0.481 e. The van der Waals surface area contributed by atoms with Gasteiger partial charge in [-0.05, 0) is 22.4 Å². The van der Waals surface area contributed by atoms with Crippen LogP contribution in [0.3, 0.4) is 0 Å². The van der Waals surface area contributed by atoms with Crippen LogP contribution in [0.2, 0.25) is 0 Å². The standard InChI is InChI=1S/C15H20N2O2S/c1-2-4-16-7-13-8-17(6-12-3-5-20-9-12)11-15(13,10-16)14(18)19/h2-3,5,9,13H,1,4,6-8,10-11H2,(H,18,19). The van der Waals surface area contributed by atoms with E-state index in [1.54, 1.807) is 11.3 Å². The van der Waals surface area contributed by atoms with Gasteiger partial charge >= 0.3 is 5.97 Å². The van der Waals surface area contributed by atoms with Crippen molar-refractivity contribution in [3.8, 4) is 0 Å². The Hall–Kier alpha value is -1.17. The third kappa shape index (κ3) is 2.30. The number of thiophene rings is 1. The van der Waals surface area contributed by atoms with Gasteiger partial charge in [0.1, 0.15) is 0 Å². The Morgan fingerprint density at radius 1 is 1.50 bits per heavy atom. The minimum absolute atomic E-state index is 0.235. The number of carboxylic acid groups (broad SMARTS) is 1. The van der Waals surface area contributed by atoms with Crippen molar-refractivity contribution in [1.82, 2.24) is 9.80 Å². The van der Waals surface area contributed by atoms with Crippen molar-refractivity contribution >= 4 is 17.3 Å². The third-order valence-electron chi connectivity index (χ3n) is 4.55. The van der Waals surface area contributed by atoms with Gasteiger partial charge in [0, 0.05) is 45.2 Å². The Bertz CT molecular complexity index is 502. The van der Waals surface area contributed by atoms with Crippen LogP contribution in [-0.4, -0.2) is 53.6 Å². The Morgan fingerprint density at radius 3 is 2.85 bits per heavy atom. The maximum absolute atomic E-state index is 11.8. The van der Waals surface area contributed by atoms with Gasteiger partial charge in [-0.3, -0.25) is 14.6 Å². The van der Waals surface area contributed by atoms with Crippen LogP contribution in [0.1, 0.15) is 5.56 Å². The molecule has 0 radical (unpaired) electrons. The maximum atomic E-state index is 11.8. The summed E-state index contributed by atoms with van der Waals surface area (Å²) in [6.07, 6.45) is 1.86. The second-order valence-corrected chi connectivity index (χ2v) is 6.72. The molecule has 2 aliphatic rings. The van der Waals surface area contributed by atoms with E-state index < -0.39 is 11.4 Å². The number of carbonyl (C=O) groups is 1. The van der Waals surface area contributed by atoms with Crippen LogP contribution < -0.4 is 0 Å². The van der Waals surface area contributed by atoms with Crippen LogP contribution in [0.5, 0.6) is 0 Å². The number of likely N-dealkylation sites (tertiary alicyclic amines) is 2. The van der Waals surface area contributed by atoms with Gasteiger partial charge in [0.05, 0.1) is 5.41 Å². The molecule has 0 spiro atoms. The van der Waals surface area contributed by atoms with Crippen LogP contribution >= 0.6 is 11.3 Å². The van der Waals surface area contributed by atoms with Crippen molar-refractivity contribution in [2.45, 2.75) is 6.54 Å². The van der Waals surface area contributed by atoms with Crippen molar-refractivity contribution in [1.29, 1.82) is 0 Å². The monoisotopic (exact) mass is 292 g/mol. The van der Waals surface area contributed by atoms with Crippen molar-refractivity contribution in [3.63, 3.8) is 0 Å².